The maximum absolute atomic E-state index is 7.00. The summed E-state index contributed by atoms with van der Waals surface area (Å²) in [6.45, 7) is 6.08. The Morgan fingerprint density at radius 1 is 0.812 bits per heavy atom. The first kappa shape index (κ1) is 36.0. The minimum atomic E-state index is 0. The van der Waals surface area contributed by atoms with Gasteiger partial charge in [0.2, 0.25) is 0 Å². The Balaban J connectivity index is -0.0000000248. The van der Waals surface area contributed by atoms with Crippen molar-refractivity contribution in [2.45, 2.75) is 43.1 Å². The van der Waals surface area contributed by atoms with Gasteiger partial charge in [0.25, 0.3) is 0 Å². The summed E-state index contributed by atoms with van der Waals surface area (Å²) in [7, 11) is 1.00. The van der Waals surface area contributed by atoms with Gasteiger partial charge >= 0.3 is 0 Å². The highest BCUT2D eigenvalue weighted by atomic mass is 128. The quantitative estimate of drug-likeness (QED) is 0.454. The SMILES string of the molecule is C.C.C.CC.CO.Cc1ccccc1.II. The second kappa shape index (κ2) is 44.9. The maximum atomic E-state index is 7.00. The van der Waals surface area contributed by atoms with E-state index >= 15 is 0 Å². The molecule has 1 rings (SSSR count). The summed E-state index contributed by atoms with van der Waals surface area (Å²) in [6.07, 6.45) is 0. The molecule has 0 atom stereocenters. The molecule has 1 aromatic carbocycles. The molecule has 0 unspecified atom stereocenters. The minimum absolute atomic E-state index is 0. The first-order valence-electron chi connectivity index (χ1n) is 4.00. The van der Waals surface area contributed by atoms with Crippen LogP contribution in [0.4, 0.5) is 0 Å². The zero-order chi connectivity index (χ0) is 11.1. The van der Waals surface area contributed by atoms with E-state index in [9.17, 15) is 0 Å². The lowest BCUT2D eigenvalue weighted by atomic mass is 10.2. The third kappa shape index (κ3) is 36.5. The number of hydrogen-bond donors (Lipinski definition) is 1. The van der Waals surface area contributed by atoms with Gasteiger partial charge in [0.05, 0.1) is 0 Å². The lowest BCUT2D eigenvalue weighted by Gasteiger charge is -1.82. The van der Waals surface area contributed by atoms with Gasteiger partial charge in [-0.15, -0.1) is 0 Å². The van der Waals surface area contributed by atoms with E-state index in [1.165, 1.54) is 5.56 Å². The molecule has 0 radical (unpaired) electrons. The molecule has 0 saturated heterocycles. The molecule has 0 amide bonds. The van der Waals surface area contributed by atoms with Gasteiger partial charge in [0.1, 0.15) is 0 Å². The van der Waals surface area contributed by atoms with Crippen LogP contribution in [0.1, 0.15) is 41.7 Å². The van der Waals surface area contributed by atoms with Crippen molar-refractivity contribution in [3.8, 4) is 0 Å². The molecule has 0 fully saturated rings. The molecule has 3 heteroatoms. The first-order chi connectivity index (χ1) is 6.39. The predicted molar refractivity (Wildman–Crippen MR) is 98.9 cm³/mol. The van der Waals surface area contributed by atoms with Crippen molar-refractivity contribution < 1.29 is 5.11 Å². The second-order valence-corrected chi connectivity index (χ2v) is 1.65. The van der Waals surface area contributed by atoms with Gasteiger partial charge in [0, 0.05) is 44.3 Å². The van der Waals surface area contributed by atoms with Crippen molar-refractivity contribution in [2.24, 2.45) is 0 Å². The third-order valence-electron chi connectivity index (χ3n) is 0.940. The topological polar surface area (TPSA) is 20.2 Å². The molecule has 0 aliphatic rings. The molecule has 0 spiro atoms. The molecule has 1 N–H and O–H groups in total. The Morgan fingerprint density at radius 3 is 1.19 bits per heavy atom. The van der Waals surface area contributed by atoms with Crippen LogP contribution >= 0.6 is 37.2 Å². The summed E-state index contributed by atoms with van der Waals surface area (Å²) in [6, 6.07) is 10.3. The Kier molecular flexibility index (Phi) is 101. The van der Waals surface area contributed by atoms with Crippen LogP contribution in [0.25, 0.3) is 0 Å². The lowest BCUT2D eigenvalue weighted by molar-refractivity contribution is 0.399. The van der Waals surface area contributed by atoms with Gasteiger partial charge in [-0.2, -0.15) is 0 Å². The van der Waals surface area contributed by atoms with E-state index in [0.29, 0.717) is 0 Å². The highest BCUT2D eigenvalue weighted by molar-refractivity contribution is 15.0. The van der Waals surface area contributed by atoms with Gasteiger partial charge in [-0.3, -0.25) is 0 Å². The van der Waals surface area contributed by atoms with E-state index in [2.05, 4.69) is 56.3 Å². The number of aryl methyl sites for hydroxylation is 1. The lowest BCUT2D eigenvalue weighted by Crippen LogP contribution is -1.62. The summed E-state index contributed by atoms with van der Waals surface area (Å²) < 4.78 is 0. The van der Waals surface area contributed by atoms with Gasteiger partial charge < -0.3 is 5.11 Å². The molecule has 0 heterocycles. The molecule has 0 aromatic heterocycles. The zero-order valence-corrected chi connectivity index (χ0v) is 12.9. The third-order valence-corrected chi connectivity index (χ3v) is 0.940. The molecule has 0 aliphatic carbocycles. The van der Waals surface area contributed by atoms with Gasteiger partial charge in [-0.1, -0.05) is 72.0 Å². The van der Waals surface area contributed by atoms with Crippen LogP contribution in [0.15, 0.2) is 30.3 Å². The Labute approximate surface area is 127 Å². The standard InChI is InChI=1S/C7H8.C2H6.CH4O.3CH4.I2/c1-7-5-3-2-4-6-7;2*1-2;;;;1-2/h2-6H,1H3;1-2H3;2H,1H3;3*1H4;. The summed E-state index contributed by atoms with van der Waals surface area (Å²) in [5.74, 6) is 0. The number of benzene rings is 1. The summed E-state index contributed by atoms with van der Waals surface area (Å²) in [5.41, 5.74) is 1.32. The number of halogens is 2. The smallest absolute Gasteiger partial charge is 0.0319 e. The van der Waals surface area contributed by atoms with E-state index in [1.54, 1.807) is 0 Å². The Hall–Kier alpha value is 0.640. The van der Waals surface area contributed by atoms with E-state index in [-0.39, 0.29) is 22.3 Å². The van der Waals surface area contributed by atoms with Crippen LogP contribution in [0.3, 0.4) is 0 Å². The summed E-state index contributed by atoms with van der Waals surface area (Å²) in [5, 5.41) is 7.00. The summed E-state index contributed by atoms with van der Waals surface area (Å²) >= 11 is 4.24. The molecular formula is C13H30I2O. The largest absolute Gasteiger partial charge is 0.400 e. The number of aliphatic hydroxyl groups excluding tert-OH is 1. The fourth-order valence-electron chi connectivity index (χ4n) is 0.534. The van der Waals surface area contributed by atoms with E-state index in [1.807, 2.05) is 32.0 Å². The Bertz CT molecular complexity index is 144. The van der Waals surface area contributed by atoms with Crippen molar-refractivity contribution in [3.63, 3.8) is 0 Å². The van der Waals surface area contributed by atoms with Gasteiger partial charge in [-0.05, 0) is 6.92 Å². The van der Waals surface area contributed by atoms with Crippen LogP contribution in [-0.2, 0) is 0 Å². The van der Waals surface area contributed by atoms with Crippen LogP contribution in [0, 0.1) is 6.92 Å². The van der Waals surface area contributed by atoms with Crippen molar-refractivity contribution in [1.82, 2.24) is 0 Å². The first-order valence-corrected chi connectivity index (χ1v) is 10.3. The second-order valence-electron chi connectivity index (χ2n) is 1.65. The fraction of sp³-hybridized carbons (Fsp3) is 0.538. The van der Waals surface area contributed by atoms with Gasteiger partial charge in [-0.25, -0.2) is 0 Å². The van der Waals surface area contributed by atoms with Crippen LogP contribution in [-0.4, -0.2) is 12.2 Å². The van der Waals surface area contributed by atoms with Gasteiger partial charge in [0.15, 0.2) is 0 Å². The molecule has 1 nitrogen and oxygen atoms in total. The fourth-order valence-corrected chi connectivity index (χ4v) is 0.534. The highest BCUT2D eigenvalue weighted by Gasteiger charge is 1.72. The molecule has 0 saturated carbocycles. The van der Waals surface area contributed by atoms with Crippen molar-refractivity contribution in [2.75, 3.05) is 7.11 Å². The molecule has 0 aliphatic heterocycles. The molecule has 0 bridgehead atoms. The molecule has 102 valence electrons. The normalized spacial score (nSPS) is 4.94. The number of aliphatic hydroxyl groups is 1. The number of hydrogen-bond acceptors (Lipinski definition) is 1. The minimum Gasteiger partial charge on any atom is -0.400 e. The van der Waals surface area contributed by atoms with Crippen molar-refractivity contribution in [3.05, 3.63) is 35.9 Å². The summed E-state index contributed by atoms with van der Waals surface area (Å²) in [4.78, 5) is 0. The van der Waals surface area contributed by atoms with Crippen LogP contribution < -0.4 is 0 Å². The maximum Gasteiger partial charge on any atom is 0.0319 e. The van der Waals surface area contributed by atoms with Crippen LogP contribution in [0.5, 0.6) is 0 Å². The van der Waals surface area contributed by atoms with Crippen LogP contribution in [0.2, 0.25) is 0 Å². The van der Waals surface area contributed by atoms with Crippen molar-refractivity contribution >= 4 is 37.2 Å². The zero-order valence-electron chi connectivity index (χ0n) is 8.59. The average molecular weight is 456 g/mol. The van der Waals surface area contributed by atoms with E-state index < -0.39 is 0 Å². The van der Waals surface area contributed by atoms with E-state index in [4.69, 9.17) is 5.11 Å². The van der Waals surface area contributed by atoms with Crippen molar-refractivity contribution in [1.29, 1.82) is 0 Å². The highest BCUT2D eigenvalue weighted by Crippen LogP contribution is 1.92. The van der Waals surface area contributed by atoms with E-state index in [0.717, 1.165) is 7.11 Å². The molecule has 1 aromatic rings. The molecular weight excluding hydrogens is 426 g/mol. The molecule has 16 heavy (non-hydrogen) atoms. The average Bonchev–Trinajstić information content (AvgIpc) is 2.28. The Morgan fingerprint density at radius 2 is 1.06 bits per heavy atom. The monoisotopic (exact) mass is 456 g/mol. The number of rotatable bonds is 0. The predicted octanol–water partition coefficient (Wildman–Crippen LogP) is 6.31.